The molecule has 0 radical (unpaired) electrons. The van der Waals surface area contributed by atoms with Crippen LogP contribution in [0.3, 0.4) is 0 Å². The van der Waals surface area contributed by atoms with Crippen LogP contribution in [0.15, 0.2) is 119 Å². The maximum absolute atomic E-state index is 9.45. The molecule has 0 aliphatic carbocycles. The van der Waals surface area contributed by atoms with Gasteiger partial charge in [0.15, 0.2) is 0 Å². The fourth-order valence-corrected chi connectivity index (χ4v) is 4.35. The van der Waals surface area contributed by atoms with Crippen LogP contribution in [0.2, 0.25) is 0 Å². The first-order valence-corrected chi connectivity index (χ1v) is 12.9. The number of phenolic OH excluding ortho intramolecular Hbond substituents is 2. The summed E-state index contributed by atoms with van der Waals surface area (Å²) in [5, 5.41) is 18.9. The third-order valence-electron chi connectivity index (χ3n) is 3.67. The van der Waals surface area contributed by atoms with Crippen LogP contribution in [0, 0.1) is 0 Å². The van der Waals surface area contributed by atoms with Crippen molar-refractivity contribution in [2.75, 3.05) is 0 Å². The van der Waals surface area contributed by atoms with Crippen molar-refractivity contribution in [1.29, 1.82) is 0 Å². The van der Waals surface area contributed by atoms with E-state index in [9.17, 15) is 10.2 Å². The minimum absolute atomic E-state index is 0. The van der Waals surface area contributed by atoms with Gasteiger partial charge in [0.25, 0.3) is 0 Å². The largest absolute Gasteiger partial charge is 2.00 e. The predicted octanol–water partition coefficient (Wildman–Crippen LogP) is 9.37. The van der Waals surface area contributed by atoms with E-state index < -0.39 is 0 Å². The van der Waals surface area contributed by atoms with E-state index in [0.29, 0.717) is 11.5 Å². The van der Waals surface area contributed by atoms with Gasteiger partial charge in [-0.1, -0.05) is 65.8 Å². The Balaban J connectivity index is 0.000000468. The van der Waals surface area contributed by atoms with Gasteiger partial charge in [0.1, 0.15) is 11.5 Å². The normalized spacial score (nSPS) is 10.2. The number of thioether (sulfide) groups is 2. The van der Waals surface area contributed by atoms with Crippen LogP contribution in [0.25, 0.3) is 0 Å². The summed E-state index contributed by atoms with van der Waals surface area (Å²) in [4.78, 5) is 1.90. The Morgan fingerprint density at radius 2 is 0.800 bits per heavy atom. The number of hydrogen-bond acceptors (Lipinski definition) is 4. The fraction of sp³-hybridized carbons (Fsp3) is 0.267. The molecule has 0 atom stereocenters. The summed E-state index contributed by atoms with van der Waals surface area (Å²) < 4.78 is 0.303. The second-order valence-electron chi connectivity index (χ2n) is 9.29. The zero-order chi connectivity index (χ0) is 25.5. The van der Waals surface area contributed by atoms with Crippen LogP contribution < -0.4 is 0 Å². The number of hydrogen-bond donors (Lipinski definition) is 2. The molecule has 0 amide bonds. The molecule has 4 aromatic rings. The van der Waals surface area contributed by atoms with E-state index in [1.54, 1.807) is 35.7 Å². The van der Waals surface area contributed by atoms with Crippen LogP contribution in [-0.4, -0.2) is 19.7 Å². The minimum Gasteiger partial charge on any atom is -0.507 e. The third kappa shape index (κ3) is 18.3. The van der Waals surface area contributed by atoms with E-state index in [0.717, 1.165) is 9.79 Å². The SMILES string of the molecule is CC(C)(C)Sc1ccccc1O.CC(C)(C)Sc1ccccc1O.[Zr+2].c1cc[cH-]c1.c1cc[cH-]c1. The molecular weight excluding hydrogens is 548 g/mol. The quantitative estimate of drug-likeness (QED) is 0.182. The first-order valence-electron chi connectivity index (χ1n) is 11.3. The van der Waals surface area contributed by atoms with Crippen molar-refractivity contribution in [2.24, 2.45) is 0 Å². The zero-order valence-corrected chi connectivity index (χ0v) is 25.7. The Morgan fingerprint density at radius 1 is 0.514 bits per heavy atom. The Bertz CT molecular complexity index is 881. The molecule has 0 aliphatic heterocycles. The summed E-state index contributed by atoms with van der Waals surface area (Å²) in [5.41, 5.74) is 0. The molecule has 0 saturated carbocycles. The fourth-order valence-electron chi connectivity index (χ4n) is 2.39. The van der Waals surface area contributed by atoms with E-state index in [1.807, 2.05) is 97.1 Å². The van der Waals surface area contributed by atoms with Crippen LogP contribution in [0.5, 0.6) is 11.5 Å². The molecule has 0 aliphatic rings. The molecule has 0 spiro atoms. The zero-order valence-electron chi connectivity index (χ0n) is 21.6. The molecule has 0 heterocycles. The number of para-hydroxylation sites is 2. The summed E-state index contributed by atoms with van der Waals surface area (Å²) in [6.45, 7) is 12.8. The number of rotatable bonds is 2. The van der Waals surface area contributed by atoms with E-state index >= 15 is 0 Å². The first-order chi connectivity index (χ1) is 16.0. The molecule has 2 N–H and O–H groups in total. The van der Waals surface area contributed by atoms with Gasteiger partial charge in [-0.3, -0.25) is 0 Å². The molecule has 35 heavy (non-hydrogen) atoms. The Labute approximate surface area is 240 Å². The first kappa shape index (κ1) is 33.3. The van der Waals surface area contributed by atoms with Crippen molar-refractivity contribution in [3.05, 3.63) is 109 Å². The Morgan fingerprint density at radius 3 is 1.00 bits per heavy atom. The Kier molecular flexibility index (Phi) is 16.9. The maximum atomic E-state index is 9.45. The second-order valence-corrected chi connectivity index (χ2v) is 13.0. The molecule has 0 unspecified atom stereocenters. The number of benzene rings is 2. The average molecular weight is 586 g/mol. The van der Waals surface area contributed by atoms with E-state index in [2.05, 4.69) is 41.5 Å². The van der Waals surface area contributed by atoms with E-state index in [-0.39, 0.29) is 35.7 Å². The molecule has 0 fully saturated rings. The van der Waals surface area contributed by atoms with Crippen molar-refractivity contribution in [2.45, 2.75) is 60.8 Å². The van der Waals surface area contributed by atoms with Crippen molar-refractivity contribution < 1.29 is 36.4 Å². The molecule has 2 nitrogen and oxygen atoms in total. The molecule has 0 bridgehead atoms. The minimum atomic E-state index is 0. The van der Waals surface area contributed by atoms with Crippen molar-refractivity contribution in [3.8, 4) is 11.5 Å². The molecule has 4 rings (SSSR count). The van der Waals surface area contributed by atoms with Gasteiger partial charge in [-0.25, -0.2) is 24.3 Å². The van der Waals surface area contributed by atoms with Crippen LogP contribution in [0.1, 0.15) is 41.5 Å². The van der Waals surface area contributed by atoms with Gasteiger partial charge >= 0.3 is 26.2 Å². The summed E-state index contributed by atoms with van der Waals surface area (Å²) in [6.07, 6.45) is 0. The third-order valence-corrected chi connectivity index (χ3v) is 6.03. The van der Waals surface area contributed by atoms with Crippen LogP contribution in [0.4, 0.5) is 0 Å². The molecule has 4 aromatic carbocycles. The van der Waals surface area contributed by atoms with Gasteiger partial charge in [0.05, 0.1) is 0 Å². The predicted molar refractivity (Wildman–Crippen MR) is 152 cm³/mol. The molecular formula is C30H38O2S2Zr. The molecule has 0 aromatic heterocycles. The van der Waals surface area contributed by atoms with Crippen LogP contribution >= 0.6 is 23.5 Å². The number of phenols is 2. The topological polar surface area (TPSA) is 40.5 Å². The molecule has 5 heteroatoms. The van der Waals surface area contributed by atoms with E-state index in [4.69, 9.17) is 0 Å². The maximum Gasteiger partial charge on any atom is 2.00 e. The van der Waals surface area contributed by atoms with Gasteiger partial charge in [-0.05, 0) is 24.3 Å². The van der Waals surface area contributed by atoms with Gasteiger partial charge in [-0.15, -0.1) is 23.5 Å². The van der Waals surface area contributed by atoms with E-state index in [1.165, 1.54) is 0 Å². The molecule has 186 valence electrons. The average Bonchev–Trinajstić information content (AvgIpc) is 3.49. The van der Waals surface area contributed by atoms with Gasteiger partial charge < -0.3 is 10.2 Å². The smallest absolute Gasteiger partial charge is 0.507 e. The number of aromatic hydroxyl groups is 2. The Hall–Kier alpha value is -1.68. The summed E-state index contributed by atoms with van der Waals surface area (Å²) in [5.74, 6) is 0.745. The van der Waals surface area contributed by atoms with Gasteiger partial charge in [0, 0.05) is 19.3 Å². The van der Waals surface area contributed by atoms with Crippen molar-refractivity contribution in [1.82, 2.24) is 0 Å². The van der Waals surface area contributed by atoms with Gasteiger partial charge in [-0.2, -0.15) is 36.4 Å². The molecule has 0 saturated heterocycles. The van der Waals surface area contributed by atoms with Gasteiger partial charge in [0.2, 0.25) is 0 Å². The summed E-state index contributed by atoms with van der Waals surface area (Å²) in [6, 6.07) is 34.9. The summed E-state index contributed by atoms with van der Waals surface area (Å²) >= 11 is 3.35. The van der Waals surface area contributed by atoms with Crippen LogP contribution in [-0.2, 0) is 26.2 Å². The standard InChI is InChI=1S/2C10H14OS.2C5H5.Zr/c2*1-10(2,3)12-9-7-5-4-6-8(9)11;2*1-2-4-5-3-1;/h2*4-7,11H,1-3H3;2*1-5H;/q;;2*-1;+2. The monoisotopic (exact) mass is 584 g/mol. The van der Waals surface area contributed by atoms with Crippen molar-refractivity contribution >= 4 is 23.5 Å². The second kappa shape index (κ2) is 17.7. The summed E-state index contributed by atoms with van der Waals surface area (Å²) in [7, 11) is 0. The van der Waals surface area contributed by atoms with Crippen molar-refractivity contribution in [3.63, 3.8) is 0 Å².